The molecule has 0 saturated heterocycles. The van der Waals surface area contributed by atoms with E-state index in [1.807, 2.05) is 6.92 Å². The Morgan fingerprint density at radius 3 is 2.15 bits per heavy atom. The molecule has 0 saturated carbocycles. The zero-order valence-electron chi connectivity index (χ0n) is 25.7. The van der Waals surface area contributed by atoms with Crippen molar-refractivity contribution in [3.8, 4) is 23.0 Å². The number of aryl methyl sites for hydroxylation is 1. The monoisotopic (exact) mass is 646 g/mol. The third-order valence-electron chi connectivity index (χ3n) is 6.59. The fourth-order valence-corrected chi connectivity index (χ4v) is 5.64. The second-order valence-corrected chi connectivity index (χ2v) is 11.6. The molecule has 0 bridgehead atoms. The van der Waals surface area contributed by atoms with E-state index in [0.29, 0.717) is 28.5 Å². The van der Waals surface area contributed by atoms with E-state index in [9.17, 15) is 18.0 Å². The quantitative estimate of drug-likeness (QED) is 0.152. The van der Waals surface area contributed by atoms with Crippen LogP contribution in [-0.4, -0.2) is 60.9 Å². The predicted molar refractivity (Wildman–Crippen MR) is 175 cm³/mol. The third-order valence-corrected chi connectivity index (χ3v) is 8.36. The van der Waals surface area contributed by atoms with Gasteiger partial charge in [-0.25, -0.2) is 13.8 Å². The van der Waals surface area contributed by atoms with Crippen LogP contribution in [0.25, 0.3) is 0 Å². The van der Waals surface area contributed by atoms with Crippen molar-refractivity contribution >= 4 is 39.4 Å². The minimum Gasteiger partial charge on any atom is -0.497 e. The van der Waals surface area contributed by atoms with Gasteiger partial charge in [-0.05, 0) is 73.2 Å². The van der Waals surface area contributed by atoms with Crippen LogP contribution in [0.2, 0.25) is 0 Å². The van der Waals surface area contributed by atoms with E-state index in [1.54, 1.807) is 66.7 Å². The molecule has 4 aromatic rings. The van der Waals surface area contributed by atoms with Gasteiger partial charge in [0.05, 0.1) is 43.8 Å². The van der Waals surface area contributed by atoms with Crippen molar-refractivity contribution in [2.75, 3.05) is 44.1 Å². The van der Waals surface area contributed by atoms with Gasteiger partial charge in [-0.2, -0.15) is 5.10 Å². The molecule has 0 fully saturated rings. The first-order chi connectivity index (χ1) is 22.1. The Bertz CT molecular complexity index is 1790. The first-order valence-corrected chi connectivity index (χ1v) is 15.4. The van der Waals surface area contributed by atoms with Gasteiger partial charge in [0.15, 0.2) is 6.61 Å². The number of sulfonamides is 1. The molecular weight excluding hydrogens is 612 g/mol. The van der Waals surface area contributed by atoms with Crippen molar-refractivity contribution in [3.05, 3.63) is 102 Å². The largest absolute Gasteiger partial charge is 0.497 e. The zero-order chi connectivity index (χ0) is 33.1. The van der Waals surface area contributed by atoms with Crippen LogP contribution in [0, 0.1) is 6.92 Å². The molecule has 0 aliphatic heterocycles. The van der Waals surface area contributed by atoms with E-state index in [2.05, 4.69) is 15.8 Å². The number of anilines is 2. The highest BCUT2D eigenvalue weighted by molar-refractivity contribution is 7.92. The molecule has 0 aromatic heterocycles. The summed E-state index contributed by atoms with van der Waals surface area (Å²) >= 11 is 0. The number of methoxy groups -OCH3 is 3. The van der Waals surface area contributed by atoms with Gasteiger partial charge < -0.3 is 24.3 Å². The normalized spacial score (nSPS) is 11.0. The molecular formula is C33H34N4O8S. The number of hydrogen-bond acceptors (Lipinski definition) is 9. The molecule has 12 nitrogen and oxygen atoms in total. The predicted octanol–water partition coefficient (Wildman–Crippen LogP) is 4.38. The minimum absolute atomic E-state index is 0.00635. The number of rotatable bonds is 14. The smallest absolute Gasteiger partial charge is 0.264 e. The van der Waals surface area contributed by atoms with E-state index in [-0.39, 0.29) is 28.8 Å². The Balaban J connectivity index is 1.40. The number of para-hydroxylation sites is 2. The lowest BCUT2D eigenvalue weighted by Crippen LogP contribution is -2.39. The van der Waals surface area contributed by atoms with Crippen molar-refractivity contribution in [3.63, 3.8) is 0 Å². The fourth-order valence-electron chi connectivity index (χ4n) is 4.21. The highest BCUT2D eigenvalue weighted by atomic mass is 32.2. The van der Waals surface area contributed by atoms with Crippen LogP contribution in [0.3, 0.4) is 0 Å². The summed E-state index contributed by atoms with van der Waals surface area (Å²) in [4.78, 5) is 25.3. The Labute approximate surface area is 267 Å². The number of nitrogens with one attached hydrogen (secondary N) is 2. The van der Waals surface area contributed by atoms with Gasteiger partial charge in [-0.1, -0.05) is 29.8 Å². The molecule has 0 aliphatic carbocycles. The maximum Gasteiger partial charge on any atom is 0.264 e. The summed E-state index contributed by atoms with van der Waals surface area (Å²) in [6.07, 6.45) is 1.39. The van der Waals surface area contributed by atoms with Crippen molar-refractivity contribution < 1.29 is 37.0 Å². The fraction of sp³-hybridized carbons (Fsp3) is 0.182. The summed E-state index contributed by atoms with van der Waals surface area (Å²) in [5, 5.41) is 6.71. The summed E-state index contributed by atoms with van der Waals surface area (Å²) in [6, 6.07) is 24.6. The highest BCUT2D eigenvalue weighted by Crippen LogP contribution is 2.35. The van der Waals surface area contributed by atoms with Crippen LogP contribution in [0.15, 0.2) is 101 Å². The molecule has 2 amide bonds. The lowest BCUT2D eigenvalue weighted by molar-refractivity contribution is -0.119. The Hall–Kier alpha value is -5.56. The molecule has 13 heteroatoms. The van der Waals surface area contributed by atoms with Crippen LogP contribution in [0.4, 0.5) is 11.4 Å². The lowest BCUT2D eigenvalue weighted by Gasteiger charge is -2.25. The van der Waals surface area contributed by atoms with Crippen molar-refractivity contribution in [2.45, 2.75) is 11.8 Å². The van der Waals surface area contributed by atoms with Crippen molar-refractivity contribution in [1.82, 2.24) is 5.43 Å². The van der Waals surface area contributed by atoms with E-state index in [4.69, 9.17) is 18.9 Å². The summed E-state index contributed by atoms with van der Waals surface area (Å²) in [5.74, 6) is 0.588. The Morgan fingerprint density at radius 2 is 1.48 bits per heavy atom. The molecule has 4 aromatic carbocycles. The second-order valence-electron chi connectivity index (χ2n) is 9.76. The second kappa shape index (κ2) is 15.4. The Morgan fingerprint density at radius 1 is 0.804 bits per heavy atom. The number of ether oxygens (including phenoxy) is 4. The molecule has 46 heavy (non-hydrogen) atoms. The van der Waals surface area contributed by atoms with Gasteiger partial charge in [0.25, 0.3) is 21.8 Å². The average molecular weight is 647 g/mol. The number of carbonyl (C=O) groups is 2. The molecule has 0 radical (unpaired) electrons. The number of benzene rings is 4. The standard InChI is InChI=1S/C33H34N4O8S/c1-23-9-16-27(17-10-23)46(40,41)37(29-18-15-26(42-2)19-31(29)44-4)21-32(38)36-34-20-24-11-13-25(14-12-24)45-22-33(39)35-28-7-5-6-8-30(28)43-3/h5-20H,21-22H2,1-4H3,(H,35,39)(H,36,38)/b34-20-. The van der Waals surface area contributed by atoms with Gasteiger partial charge in [-0.15, -0.1) is 0 Å². The molecule has 240 valence electrons. The van der Waals surface area contributed by atoms with E-state index in [1.165, 1.54) is 51.8 Å². The number of nitrogens with zero attached hydrogens (tertiary/aromatic N) is 2. The van der Waals surface area contributed by atoms with Crippen molar-refractivity contribution in [1.29, 1.82) is 0 Å². The van der Waals surface area contributed by atoms with E-state index < -0.39 is 22.5 Å². The summed E-state index contributed by atoms with van der Waals surface area (Å²) in [7, 11) is 0.208. The first-order valence-electron chi connectivity index (χ1n) is 13.9. The first kappa shape index (κ1) is 33.3. The SMILES string of the molecule is COc1ccc(N(CC(=O)N/N=C\c2ccc(OCC(=O)Nc3ccccc3OC)cc2)S(=O)(=O)c2ccc(C)cc2)c(OC)c1. The van der Waals surface area contributed by atoms with Crippen LogP contribution >= 0.6 is 0 Å². The average Bonchev–Trinajstić information content (AvgIpc) is 3.07. The van der Waals surface area contributed by atoms with Gasteiger partial charge in [0.1, 0.15) is 29.5 Å². The molecule has 0 heterocycles. The maximum atomic E-state index is 13.7. The molecule has 0 aliphatic rings. The number of hydrazone groups is 1. The molecule has 4 rings (SSSR count). The number of carbonyl (C=O) groups excluding carboxylic acids is 2. The number of amides is 2. The minimum atomic E-state index is -4.18. The number of hydrogen-bond donors (Lipinski definition) is 2. The van der Waals surface area contributed by atoms with Gasteiger partial charge in [0, 0.05) is 6.07 Å². The van der Waals surface area contributed by atoms with Crippen LogP contribution in [0.1, 0.15) is 11.1 Å². The van der Waals surface area contributed by atoms with Gasteiger partial charge >= 0.3 is 0 Å². The Kier molecular flexibility index (Phi) is 11.2. The highest BCUT2D eigenvalue weighted by Gasteiger charge is 2.29. The summed E-state index contributed by atoms with van der Waals surface area (Å²) in [5.41, 5.74) is 4.56. The van der Waals surface area contributed by atoms with E-state index in [0.717, 1.165) is 9.87 Å². The zero-order valence-corrected chi connectivity index (χ0v) is 26.5. The van der Waals surface area contributed by atoms with Gasteiger partial charge in [-0.3, -0.25) is 13.9 Å². The molecule has 0 unspecified atom stereocenters. The lowest BCUT2D eigenvalue weighted by atomic mass is 10.2. The summed E-state index contributed by atoms with van der Waals surface area (Å²) in [6.45, 7) is 1.04. The van der Waals surface area contributed by atoms with Crippen LogP contribution in [0.5, 0.6) is 23.0 Å². The van der Waals surface area contributed by atoms with Crippen LogP contribution < -0.4 is 34.0 Å². The van der Waals surface area contributed by atoms with Crippen LogP contribution in [-0.2, 0) is 19.6 Å². The summed E-state index contributed by atoms with van der Waals surface area (Å²) < 4.78 is 49.9. The molecule has 0 atom stereocenters. The van der Waals surface area contributed by atoms with Crippen molar-refractivity contribution in [2.24, 2.45) is 5.10 Å². The van der Waals surface area contributed by atoms with Gasteiger partial charge in [0.2, 0.25) is 0 Å². The molecule has 2 N–H and O–H groups in total. The maximum absolute atomic E-state index is 13.7. The third kappa shape index (κ3) is 8.54. The molecule has 0 spiro atoms. The topological polar surface area (TPSA) is 145 Å². The van der Waals surface area contributed by atoms with E-state index >= 15 is 0 Å².